The van der Waals surface area contributed by atoms with Crippen LogP contribution in [-0.4, -0.2) is 21.7 Å². The van der Waals surface area contributed by atoms with Crippen LogP contribution in [0.15, 0.2) is 66.9 Å². The highest BCUT2D eigenvalue weighted by molar-refractivity contribution is 5.95. The van der Waals surface area contributed by atoms with Gasteiger partial charge in [0, 0.05) is 24.7 Å². The van der Waals surface area contributed by atoms with E-state index < -0.39 is 0 Å². The fourth-order valence-corrected chi connectivity index (χ4v) is 3.18. The molecule has 2 aromatic carbocycles. The van der Waals surface area contributed by atoms with Gasteiger partial charge in [0.05, 0.1) is 11.8 Å². The van der Waals surface area contributed by atoms with Crippen molar-refractivity contribution in [1.29, 1.82) is 0 Å². The van der Waals surface area contributed by atoms with Gasteiger partial charge in [-0.25, -0.2) is 0 Å². The Morgan fingerprint density at radius 3 is 1.96 bits per heavy atom. The minimum absolute atomic E-state index is 0.0584. The van der Waals surface area contributed by atoms with Crippen LogP contribution in [0.1, 0.15) is 40.0 Å². The van der Waals surface area contributed by atoms with Gasteiger partial charge in [-0.05, 0) is 25.0 Å². The number of hydrogen-bond acceptors (Lipinski definition) is 2. The lowest BCUT2D eigenvalue weighted by Crippen LogP contribution is -2.37. The van der Waals surface area contributed by atoms with Gasteiger partial charge in [-0.1, -0.05) is 60.7 Å². The lowest BCUT2D eigenvalue weighted by atomic mass is 9.85. The van der Waals surface area contributed by atoms with Gasteiger partial charge in [-0.15, -0.1) is 0 Å². The third kappa shape index (κ3) is 3.63. The largest absolute Gasteiger partial charge is 0.349 e. The molecule has 0 aliphatic heterocycles. The molecule has 0 saturated heterocycles. The van der Waals surface area contributed by atoms with E-state index >= 15 is 0 Å². The molecular formula is C21H23N3O. The Labute approximate surface area is 148 Å². The highest BCUT2D eigenvalue weighted by atomic mass is 16.1. The standard InChI is InChI=1S/C21H23N3O/c1-15(23-21(25)19-14-22-24(3)16(19)2)20(17-10-6-4-7-11-17)18-12-8-5-9-13-18/h4-15,20H,1-3H3,(H,23,25). The van der Waals surface area contributed by atoms with E-state index in [0.29, 0.717) is 5.56 Å². The quantitative estimate of drug-likeness (QED) is 0.774. The van der Waals surface area contributed by atoms with Gasteiger partial charge in [0.25, 0.3) is 5.91 Å². The van der Waals surface area contributed by atoms with Gasteiger partial charge >= 0.3 is 0 Å². The molecule has 1 atom stereocenters. The van der Waals surface area contributed by atoms with Gasteiger partial charge in [0.15, 0.2) is 0 Å². The van der Waals surface area contributed by atoms with E-state index in [2.05, 4.69) is 34.7 Å². The number of rotatable bonds is 5. The number of nitrogens with one attached hydrogen (secondary N) is 1. The van der Waals surface area contributed by atoms with E-state index in [1.54, 1.807) is 10.9 Å². The molecule has 4 heteroatoms. The average molecular weight is 333 g/mol. The van der Waals surface area contributed by atoms with Crippen LogP contribution in [0.3, 0.4) is 0 Å². The Kier molecular flexibility index (Phi) is 4.98. The Balaban J connectivity index is 1.88. The summed E-state index contributed by atoms with van der Waals surface area (Å²) in [4.78, 5) is 12.7. The fraction of sp³-hybridized carbons (Fsp3) is 0.238. The van der Waals surface area contributed by atoms with E-state index in [0.717, 1.165) is 5.69 Å². The molecule has 4 nitrogen and oxygen atoms in total. The fourth-order valence-electron chi connectivity index (χ4n) is 3.18. The monoisotopic (exact) mass is 333 g/mol. The number of carbonyl (C=O) groups excluding carboxylic acids is 1. The molecule has 0 fully saturated rings. The Morgan fingerprint density at radius 2 is 1.52 bits per heavy atom. The molecule has 0 saturated carbocycles. The summed E-state index contributed by atoms with van der Waals surface area (Å²) < 4.78 is 1.71. The zero-order chi connectivity index (χ0) is 17.8. The Hall–Kier alpha value is -2.88. The van der Waals surface area contributed by atoms with Gasteiger partial charge in [0.2, 0.25) is 0 Å². The van der Waals surface area contributed by atoms with Crippen molar-refractivity contribution in [3.8, 4) is 0 Å². The van der Waals surface area contributed by atoms with Crippen LogP contribution in [0.5, 0.6) is 0 Å². The summed E-state index contributed by atoms with van der Waals surface area (Å²) in [6, 6.07) is 20.5. The van der Waals surface area contributed by atoms with Gasteiger partial charge in [-0.2, -0.15) is 5.10 Å². The lowest BCUT2D eigenvalue weighted by Gasteiger charge is -2.26. The highest BCUT2D eigenvalue weighted by Gasteiger charge is 2.24. The average Bonchev–Trinajstić information content (AvgIpc) is 2.96. The van der Waals surface area contributed by atoms with Crippen molar-refractivity contribution in [1.82, 2.24) is 15.1 Å². The first kappa shape index (κ1) is 17.0. The molecule has 1 unspecified atom stereocenters. The zero-order valence-corrected chi connectivity index (χ0v) is 14.8. The SMILES string of the molecule is Cc1c(C(=O)NC(C)C(c2ccccc2)c2ccccc2)cnn1C. The number of hydrogen-bond donors (Lipinski definition) is 1. The third-order valence-electron chi connectivity index (χ3n) is 4.66. The van der Waals surface area contributed by atoms with Crippen molar-refractivity contribution in [3.63, 3.8) is 0 Å². The van der Waals surface area contributed by atoms with E-state index in [-0.39, 0.29) is 17.9 Å². The van der Waals surface area contributed by atoms with Crippen molar-refractivity contribution >= 4 is 5.91 Å². The molecule has 0 aliphatic carbocycles. The molecular weight excluding hydrogens is 310 g/mol. The summed E-state index contributed by atoms with van der Waals surface area (Å²) in [6.07, 6.45) is 1.62. The summed E-state index contributed by atoms with van der Waals surface area (Å²) in [5, 5.41) is 7.32. The van der Waals surface area contributed by atoms with Crippen molar-refractivity contribution in [2.45, 2.75) is 25.8 Å². The molecule has 0 bridgehead atoms. The van der Waals surface area contributed by atoms with Crippen LogP contribution in [0.2, 0.25) is 0 Å². The van der Waals surface area contributed by atoms with Crippen LogP contribution < -0.4 is 5.32 Å². The molecule has 1 amide bonds. The molecule has 0 aliphatic rings. The second kappa shape index (κ2) is 7.34. The molecule has 1 N–H and O–H groups in total. The first-order valence-corrected chi connectivity index (χ1v) is 8.47. The van der Waals surface area contributed by atoms with Crippen LogP contribution in [0.4, 0.5) is 0 Å². The maximum atomic E-state index is 12.7. The van der Waals surface area contributed by atoms with Crippen LogP contribution in [-0.2, 0) is 7.05 Å². The van der Waals surface area contributed by atoms with Gasteiger partial charge < -0.3 is 5.32 Å². The van der Waals surface area contributed by atoms with Crippen LogP contribution >= 0.6 is 0 Å². The topological polar surface area (TPSA) is 46.9 Å². The van der Waals surface area contributed by atoms with E-state index in [9.17, 15) is 4.79 Å². The van der Waals surface area contributed by atoms with E-state index in [4.69, 9.17) is 0 Å². The lowest BCUT2D eigenvalue weighted by molar-refractivity contribution is 0.0936. The zero-order valence-electron chi connectivity index (χ0n) is 14.8. The normalized spacial score (nSPS) is 12.2. The minimum Gasteiger partial charge on any atom is -0.349 e. The summed E-state index contributed by atoms with van der Waals surface area (Å²) in [6.45, 7) is 3.95. The summed E-state index contributed by atoms with van der Waals surface area (Å²) >= 11 is 0. The Bertz CT molecular complexity index is 801. The molecule has 1 heterocycles. The second-order valence-corrected chi connectivity index (χ2v) is 6.33. The number of nitrogens with zero attached hydrogens (tertiary/aromatic N) is 2. The summed E-state index contributed by atoms with van der Waals surface area (Å²) in [5.74, 6) is -0.00158. The summed E-state index contributed by atoms with van der Waals surface area (Å²) in [5.41, 5.74) is 3.85. The van der Waals surface area contributed by atoms with E-state index in [1.165, 1.54) is 11.1 Å². The van der Waals surface area contributed by atoms with E-state index in [1.807, 2.05) is 57.3 Å². The maximum Gasteiger partial charge on any atom is 0.254 e. The minimum atomic E-state index is -0.0880. The first-order valence-electron chi connectivity index (χ1n) is 8.47. The number of aryl methyl sites for hydroxylation is 1. The van der Waals surface area contributed by atoms with Crippen molar-refractivity contribution in [2.24, 2.45) is 7.05 Å². The van der Waals surface area contributed by atoms with Crippen molar-refractivity contribution < 1.29 is 4.79 Å². The molecule has 0 spiro atoms. The molecule has 3 aromatic rings. The molecule has 25 heavy (non-hydrogen) atoms. The maximum absolute atomic E-state index is 12.7. The Morgan fingerprint density at radius 1 is 1.00 bits per heavy atom. The number of amides is 1. The van der Waals surface area contributed by atoms with Crippen LogP contribution in [0.25, 0.3) is 0 Å². The number of carbonyl (C=O) groups is 1. The molecule has 128 valence electrons. The summed E-state index contributed by atoms with van der Waals surface area (Å²) in [7, 11) is 1.84. The number of benzene rings is 2. The predicted molar refractivity (Wildman–Crippen MR) is 99.6 cm³/mol. The smallest absolute Gasteiger partial charge is 0.254 e. The third-order valence-corrected chi connectivity index (χ3v) is 4.66. The molecule has 3 rings (SSSR count). The van der Waals surface area contributed by atoms with Crippen molar-refractivity contribution in [3.05, 3.63) is 89.2 Å². The van der Waals surface area contributed by atoms with Gasteiger partial charge in [0.1, 0.15) is 0 Å². The number of aromatic nitrogens is 2. The van der Waals surface area contributed by atoms with Crippen molar-refractivity contribution in [2.75, 3.05) is 0 Å². The predicted octanol–water partition coefficient (Wildman–Crippen LogP) is 3.68. The highest BCUT2D eigenvalue weighted by Crippen LogP contribution is 2.28. The first-order chi connectivity index (χ1) is 12.1. The van der Waals surface area contributed by atoms with Crippen LogP contribution in [0, 0.1) is 6.92 Å². The molecule has 0 radical (unpaired) electrons. The second-order valence-electron chi connectivity index (χ2n) is 6.33. The molecule has 1 aromatic heterocycles. The van der Waals surface area contributed by atoms with Gasteiger partial charge in [-0.3, -0.25) is 9.48 Å².